The zero-order chi connectivity index (χ0) is 12.5. The van der Waals surface area contributed by atoms with Crippen molar-refractivity contribution in [3.8, 4) is 0 Å². The predicted octanol–water partition coefficient (Wildman–Crippen LogP) is 1.91. The number of carbonyl (C=O) groups is 2. The zero-order valence-corrected chi connectivity index (χ0v) is 9.77. The van der Waals surface area contributed by atoms with Gasteiger partial charge in [0.05, 0.1) is 5.71 Å². The van der Waals surface area contributed by atoms with Crippen LogP contribution in [0.25, 0.3) is 0 Å². The molecular weight excluding hydrogens is 218 g/mol. The van der Waals surface area contributed by atoms with Crippen LogP contribution in [0.4, 0.5) is 0 Å². The Balaban J connectivity index is 2.38. The molecular formula is C13H13NO3. The van der Waals surface area contributed by atoms with Crippen molar-refractivity contribution in [3.05, 3.63) is 35.4 Å². The van der Waals surface area contributed by atoms with E-state index in [1.807, 2.05) is 19.1 Å². The molecule has 0 spiro atoms. The summed E-state index contributed by atoms with van der Waals surface area (Å²) in [6.45, 7) is 3.56. The molecule has 0 aliphatic carbocycles. The summed E-state index contributed by atoms with van der Waals surface area (Å²) in [6.07, 6.45) is 0.769. The third-order valence-electron chi connectivity index (χ3n) is 2.85. The molecule has 2 rings (SSSR count). The highest BCUT2D eigenvalue weighted by molar-refractivity contribution is 6.15. The molecule has 1 aromatic rings. The molecule has 4 heteroatoms. The molecule has 4 nitrogen and oxygen atoms in total. The van der Waals surface area contributed by atoms with Crippen molar-refractivity contribution in [2.75, 3.05) is 0 Å². The van der Waals surface area contributed by atoms with Gasteiger partial charge in [-0.3, -0.25) is 9.59 Å². The Morgan fingerprint density at radius 2 is 2.12 bits per heavy atom. The molecule has 0 aromatic heterocycles. The van der Waals surface area contributed by atoms with Gasteiger partial charge in [0.15, 0.2) is 6.29 Å². The Morgan fingerprint density at radius 3 is 2.65 bits per heavy atom. The lowest BCUT2D eigenvalue weighted by molar-refractivity contribution is -0.122. The molecule has 1 heterocycles. The summed E-state index contributed by atoms with van der Waals surface area (Å²) in [4.78, 5) is 28.6. The third kappa shape index (κ3) is 1.86. The minimum atomic E-state index is -1.46. The lowest BCUT2D eigenvalue weighted by Crippen LogP contribution is -2.41. The summed E-state index contributed by atoms with van der Waals surface area (Å²) in [5.74, 6) is -0.328. The Morgan fingerprint density at radius 1 is 1.41 bits per heavy atom. The van der Waals surface area contributed by atoms with Crippen LogP contribution in [-0.2, 0) is 9.63 Å². The lowest BCUT2D eigenvalue weighted by atomic mass is 9.88. The number of hydrogen-bond donors (Lipinski definition) is 0. The molecule has 0 radical (unpaired) electrons. The Hall–Kier alpha value is -1.97. The first-order valence-electron chi connectivity index (χ1n) is 5.37. The van der Waals surface area contributed by atoms with Gasteiger partial charge in [-0.15, -0.1) is 0 Å². The van der Waals surface area contributed by atoms with Gasteiger partial charge in [0.1, 0.15) is 0 Å². The Bertz CT molecular complexity index is 507. The number of Topliss-reactive ketones (excluding diaryl/α,β-unsaturated/α-hetero) is 1. The van der Waals surface area contributed by atoms with E-state index >= 15 is 0 Å². The van der Waals surface area contributed by atoms with Gasteiger partial charge in [0.25, 0.3) is 5.60 Å². The highest BCUT2D eigenvalue weighted by Crippen LogP contribution is 2.27. The fraction of sp³-hybridized carbons (Fsp3) is 0.308. The molecule has 0 saturated heterocycles. The maximum atomic E-state index is 12.3. The van der Waals surface area contributed by atoms with Crippen molar-refractivity contribution in [1.82, 2.24) is 0 Å². The van der Waals surface area contributed by atoms with Crippen molar-refractivity contribution >= 4 is 17.8 Å². The van der Waals surface area contributed by atoms with E-state index in [9.17, 15) is 9.59 Å². The SMILES string of the molecule is CC1=NO[C@](C=O)(C(=O)c2ccccc2C)C1. The number of hydrogen-bond acceptors (Lipinski definition) is 4. The largest absolute Gasteiger partial charge is 0.373 e. The summed E-state index contributed by atoms with van der Waals surface area (Å²) in [6, 6.07) is 7.13. The molecule has 1 aliphatic heterocycles. The second kappa shape index (κ2) is 4.13. The molecule has 17 heavy (non-hydrogen) atoms. The van der Waals surface area contributed by atoms with Crippen LogP contribution in [0, 0.1) is 6.92 Å². The topological polar surface area (TPSA) is 55.7 Å². The van der Waals surface area contributed by atoms with E-state index < -0.39 is 5.60 Å². The van der Waals surface area contributed by atoms with Crippen LogP contribution in [-0.4, -0.2) is 23.4 Å². The Labute approximate surface area is 99.3 Å². The predicted molar refractivity (Wildman–Crippen MR) is 63.1 cm³/mol. The van der Waals surface area contributed by atoms with E-state index in [0.717, 1.165) is 5.56 Å². The van der Waals surface area contributed by atoms with Crippen LogP contribution >= 0.6 is 0 Å². The highest BCUT2D eigenvalue weighted by atomic mass is 16.7. The van der Waals surface area contributed by atoms with Crippen molar-refractivity contribution in [3.63, 3.8) is 0 Å². The second-order valence-corrected chi connectivity index (χ2v) is 4.25. The number of aryl methyl sites for hydroxylation is 1. The summed E-state index contributed by atoms with van der Waals surface area (Å²) in [5, 5.41) is 3.70. The van der Waals surface area contributed by atoms with Gasteiger partial charge in [0.2, 0.25) is 5.78 Å². The average Bonchev–Trinajstić information content (AvgIpc) is 2.72. The minimum absolute atomic E-state index is 0.226. The van der Waals surface area contributed by atoms with Gasteiger partial charge in [-0.1, -0.05) is 29.4 Å². The monoisotopic (exact) mass is 231 g/mol. The van der Waals surface area contributed by atoms with Gasteiger partial charge in [-0.2, -0.15) is 0 Å². The van der Waals surface area contributed by atoms with E-state index in [0.29, 0.717) is 17.6 Å². The summed E-state index contributed by atoms with van der Waals surface area (Å²) < 4.78 is 0. The van der Waals surface area contributed by atoms with Gasteiger partial charge >= 0.3 is 0 Å². The fourth-order valence-electron chi connectivity index (χ4n) is 1.90. The molecule has 0 unspecified atom stereocenters. The average molecular weight is 231 g/mol. The molecule has 1 aromatic carbocycles. The van der Waals surface area contributed by atoms with Crippen LogP contribution in [0.1, 0.15) is 29.3 Å². The third-order valence-corrected chi connectivity index (χ3v) is 2.85. The molecule has 0 saturated carbocycles. The van der Waals surface area contributed by atoms with Gasteiger partial charge in [-0.25, -0.2) is 0 Å². The molecule has 0 bridgehead atoms. The standard InChI is InChI=1S/C13H13NO3/c1-9-5-3-4-6-11(9)12(16)13(8-15)7-10(2)14-17-13/h3-6,8H,7H2,1-2H3/t13-/m1/s1. The molecule has 1 atom stereocenters. The van der Waals surface area contributed by atoms with E-state index in [1.54, 1.807) is 19.1 Å². The van der Waals surface area contributed by atoms with E-state index in [2.05, 4.69) is 5.16 Å². The van der Waals surface area contributed by atoms with Crippen molar-refractivity contribution in [2.24, 2.45) is 5.16 Å². The second-order valence-electron chi connectivity index (χ2n) is 4.25. The van der Waals surface area contributed by atoms with Crippen molar-refractivity contribution in [2.45, 2.75) is 25.9 Å². The fourth-order valence-corrected chi connectivity index (χ4v) is 1.90. The van der Waals surface area contributed by atoms with Crippen molar-refractivity contribution in [1.29, 1.82) is 0 Å². The smallest absolute Gasteiger partial charge is 0.259 e. The van der Waals surface area contributed by atoms with Gasteiger partial charge < -0.3 is 4.84 Å². The van der Waals surface area contributed by atoms with E-state index in [4.69, 9.17) is 4.84 Å². The number of carbonyl (C=O) groups excluding carboxylic acids is 2. The summed E-state index contributed by atoms with van der Waals surface area (Å²) in [7, 11) is 0. The first-order valence-corrected chi connectivity index (χ1v) is 5.37. The van der Waals surface area contributed by atoms with Gasteiger partial charge in [0, 0.05) is 12.0 Å². The number of ketones is 1. The van der Waals surface area contributed by atoms with E-state index in [-0.39, 0.29) is 12.2 Å². The number of benzene rings is 1. The minimum Gasteiger partial charge on any atom is -0.373 e. The number of rotatable bonds is 3. The van der Waals surface area contributed by atoms with E-state index in [1.165, 1.54) is 0 Å². The van der Waals surface area contributed by atoms with Crippen LogP contribution in [0.3, 0.4) is 0 Å². The maximum Gasteiger partial charge on any atom is 0.259 e. The van der Waals surface area contributed by atoms with Crippen LogP contribution in [0.15, 0.2) is 29.4 Å². The first-order chi connectivity index (χ1) is 8.09. The van der Waals surface area contributed by atoms with Crippen LogP contribution in [0.5, 0.6) is 0 Å². The Kier molecular flexibility index (Phi) is 2.79. The maximum absolute atomic E-state index is 12.3. The molecule has 0 amide bonds. The lowest BCUT2D eigenvalue weighted by Gasteiger charge is -2.19. The van der Waals surface area contributed by atoms with Crippen LogP contribution < -0.4 is 0 Å². The number of oxime groups is 1. The first kappa shape index (κ1) is 11.5. The van der Waals surface area contributed by atoms with Gasteiger partial charge in [-0.05, 0) is 19.4 Å². The quantitative estimate of drug-likeness (QED) is 0.453. The number of aldehydes is 1. The van der Waals surface area contributed by atoms with Crippen LogP contribution in [0.2, 0.25) is 0 Å². The zero-order valence-electron chi connectivity index (χ0n) is 9.77. The molecule has 88 valence electrons. The van der Waals surface area contributed by atoms with Crippen molar-refractivity contribution < 1.29 is 14.4 Å². The normalized spacial score (nSPS) is 22.8. The summed E-state index contributed by atoms with van der Waals surface area (Å²) >= 11 is 0. The molecule has 0 fully saturated rings. The molecule has 0 N–H and O–H groups in total. The highest BCUT2D eigenvalue weighted by Gasteiger charge is 2.46. The number of nitrogens with zero attached hydrogens (tertiary/aromatic N) is 1. The molecule has 1 aliphatic rings. The summed E-state index contributed by atoms with van der Waals surface area (Å²) in [5.41, 5.74) is 0.520.